The van der Waals surface area contributed by atoms with Crippen LogP contribution in [0.25, 0.3) is 0 Å². The van der Waals surface area contributed by atoms with Gasteiger partial charge in [0, 0.05) is 5.25 Å². The fraction of sp³-hybridized carbons (Fsp3) is 1.00. The molecule has 0 radical (unpaired) electrons. The average molecular weight is 304 g/mol. The quantitative estimate of drug-likeness (QED) is 0.333. The Morgan fingerprint density at radius 3 is 2.06 bits per heavy atom. The summed E-state index contributed by atoms with van der Waals surface area (Å²) in [4.78, 5) is 0. The van der Waals surface area contributed by atoms with Gasteiger partial charge in [0.25, 0.3) is 0 Å². The van der Waals surface area contributed by atoms with Crippen LogP contribution in [0.1, 0.15) is 65.2 Å². The summed E-state index contributed by atoms with van der Waals surface area (Å²) in [6.45, 7) is 3.55. The summed E-state index contributed by atoms with van der Waals surface area (Å²) in [6.07, 6.45) is 6.48. The summed E-state index contributed by atoms with van der Waals surface area (Å²) in [7, 11) is -4.12. The van der Waals surface area contributed by atoms with Gasteiger partial charge in [0.1, 0.15) is 0 Å². The topological polar surface area (TPSA) is 77.4 Å². The third-order valence-electron chi connectivity index (χ3n) is 3.03. The molecule has 104 valence electrons. The number of aliphatic hydroxyl groups is 1. The summed E-state index contributed by atoms with van der Waals surface area (Å²) in [5, 5.41) is 8.79. The molecule has 4 nitrogen and oxygen atoms in total. The number of unbranched alkanes of at least 4 members (excludes halogenated alkanes) is 3. The minimum Gasteiger partial charge on any atom is -0.748 e. The van der Waals surface area contributed by atoms with E-state index in [1.807, 2.05) is 0 Å². The summed E-state index contributed by atoms with van der Waals surface area (Å²) in [5.41, 5.74) is 0. The van der Waals surface area contributed by atoms with E-state index in [1.165, 1.54) is 6.92 Å². The number of rotatable bonds is 10. The van der Waals surface area contributed by atoms with Crippen molar-refractivity contribution in [2.75, 3.05) is 0 Å². The number of hydrogen-bond donors (Lipinski definition) is 1. The summed E-state index contributed by atoms with van der Waals surface area (Å²) >= 11 is 0. The normalized spacial score (nSPS) is 14.9. The monoisotopic (exact) mass is 304 g/mol. The van der Waals surface area contributed by atoms with Gasteiger partial charge in [-0.05, 0) is 26.2 Å². The third-order valence-corrected chi connectivity index (χ3v) is 4.25. The Morgan fingerprint density at radius 1 is 1.06 bits per heavy atom. The molecule has 2 unspecified atom stereocenters. The van der Waals surface area contributed by atoms with Gasteiger partial charge in [-0.15, -0.1) is 0 Å². The van der Waals surface area contributed by atoms with E-state index in [-0.39, 0.29) is 57.5 Å². The molecular weight excluding hydrogens is 279 g/mol. The standard InChI is InChI=1S/C12H26O4S.K/c1-3-4-9-12(13)10-7-5-6-8-11(2)17(14,15)16;/h11-13H,3-10H2,1-2H3,(H,14,15,16);/q;+1/p-1. The van der Waals surface area contributed by atoms with Crippen molar-refractivity contribution in [3.63, 3.8) is 0 Å². The van der Waals surface area contributed by atoms with Gasteiger partial charge in [0.15, 0.2) is 0 Å². The van der Waals surface area contributed by atoms with Crippen molar-refractivity contribution in [3.8, 4) is 0 Å². The molecule has 0 aliphatic rings. The molecular formula is C12H25KO4S. The third kappa shape index (κ3) is 12.5. The molecule has 0 fully saturated rings. The second-order valence-corrected chi connectivity index (χ2v) is 6.53. The Bertz CT molecular complexity index is 280. The molecule has 0 amide bonds. The molecule has 0 saturated carbocycles. The van der Waals surface area contributed by atoms with Gasteiger partial charge < -0.3 is 9.66 Å². The zero-order valence-electron chi connectivity index (χ0n) is 11.9. The summed E-state index contributed by atoms with van der Waals surface area (Å²) < 4.78 is 31.9. The molecule has 0 rings (SSSR count). The second-order valence-electron chi connectivity index (χ2n) is 4.74. The van der Waals surface area contributed by atoms with Gasteiger partial charge in [-0.2, -0.15) is 0 Å². The van der Waals surface area contributed by atoms with Crippen LogP contribution in [0.2, 0.25) is 0 Å². The molecule has 0 aromatic carbocycles. The van der Waals surface area contributed by atoms with E-state index in [2.05, 4.69) is 6.92 Å². The molecule has 1 N–H and O–H groups in total. The van der Waals surface area contributed by atoms with Crippen LogP contribution in [0.4, 0.5) is 0 Å². The minimum absolute atomic E-state index is 0. The molecule has 0 bridgehead atoms. The van der Waals surface area contributed by atoms with Gasteiger partial charge in [-0.1, -0.05) is 39.0 Å². The maximum Gasteiger partial charge on any atom is 1.00 e. The molecule has 0 aromatic rings. The van der Waals surface area contributed by atoms with Crippen LogP contribution >= 0.6 is 0 Å². The van der Waals surface area contributed by atoms with Gasteiger partial charge in [-0.3, -0.25) is 0 Å². The second kappa shape index (κ2) is 12.3. The van der Waals surface area contributed by atoms with Crippen molar-refractivity contribution < 1.29 is 69.5 Å². The van der Waals surface area contributed by atoms with E-state index < -0.39 is 15.4 Å². The molecule has 0 heterocycles. The van der Waals surface area contributed by atoms with Gasteiger partial charge in [0.05, 0.1) is 16.2 Å². The van der Waals surface area contributed by atoms with Crippen molar-refractivity contribution in [2.24, 2.45) is 0 Å². The van der Waals surface area contributed by atoms with E-state index in [0.717, 1.165) is 44.9 Å². The molecule has 18 heavy (non-hydrogen) atoms. The van der Waals surface area contributed by atoms with Gasteiger partial charge >= 0.3 is 51.4 Å². The molecule has 2 atom stereocenters. The maximum absolute atomic E-state index is 10.6. The maximum atomic E-state index is 10.6. The predicted molar refractivity (Wildman–Crippen MR) is 67.8 cm³/mol. The van der Waals surface area contributed by atoms with Gasteiger partial charge in [0.2, 0.25) is 0 Å². The Hall–Kier alpha value is 1.51. The van der Waals surface area contributed by atoms with Crippen molar-refractivity contribution in [1.29, 1.82) is 0 Å². The van der Waals surface area contributed by atoms with E-state index in [0.29, 0.717) is 6.42 Å². The first kappa shape index (κ1) is 21.8. The SMILES string of the molecule is CCCCC(O)CCCCCC(C)S(=O)(=O)[O-].[K+]. The van der Waals surface area contributed by atoms with E-state index >= 15 is 0 Å². The number of hydrogen-bond acceptors (Lipinski definition) is 4. The molecule has 0 aromatic heterocycles. The minimum atomic E-state index is -4.12. The smallest absolute Gasteiger partial charge is 0.748 e. The summed E-state index contributed by atoms with van der Waals surface area (Å²) in [5.74, 6) is 0. The van der Waals surface area contributed by atoms with Crippen LogP contribution < -0.4 is 51.4 Å². The molecule has 0 spiro atoms. The Kier molecular flexibility index (Phi) is 14.9. The first-order valence-corrected chi connectivity index (χ1v) is 7.97. The van der Waals surface area contributed by atoms with Crippen molar-refractivity contribution >= 4 is 10.1 Å². The Balaban J connectivity index is 0. The molecule has 0 aliphatic heterocycles. The van der Waals surface area contributed by atoms with Crippen LogP contribution in [0.5, 0.6) is 0 Å². The molecule has 6 heteroatoms. The zero-order chi connectivity index (χ0) is 13.3. The predicted octanol–water partition coefficient (Wildman–Crippen LogP) is -0.574. The fourth-order valence-corrected chi connectivity index (χ4v) is 2.17. The van der Waals surface area contributed by atoms with E-state index in [1.54, 1.807) is 0 Å². The fourth-order valence-electron chi connectivity index (χ4n) is 1.72. The molecule has 0 aliphatic carbocycles. The average Bonchev–Trinajstić information content (AvgIpc) is 2.24. The summed E-state index contributed by atoms with van der Waals surface area (Å²) in [6, 6.07) is 0. The van der Waals surface area contributed by atoms with Crippen molar-refractivity contribution in [3.05, 3.63) is 0 Å². The van der Waals surface area contributed by atoms with E-state index in [4.69, 9.17) is 0 Å². The van der Waals surface area contributed by atoms with Crippen molar-refractivity contribution in [1.82, 2.24) is 0 Å². The largest absolute Gasteiger partial charge is 1.00 e. The molecule has 0 saturated heterocycles. The van der Waals surface area contributed by atoms with Crippen LogP contribution in [-0.2, 0) is 10.1 Å². The van der Waals surface area contributed by atoms with Crippen LogP contribution in [0.3, 0.4) is 0 Å². The van der Waals surface area contributed by atoms with E-state index in [9.17, 15) is 18.1 Å². The zero-order valence-corrected chi connectivity index (χ0v) is 15.8. The first-order valence-electron chi connectivity index (χ1n) is 6.50. The van der Waals surface area contributed by atoms with Crippen LogP contribution in [0.15, 0.2) is 0 Å². The Labute approximate surface area is 154 Å². The van der Waals surface area contributed by atoms with Crippen LogP contribution in [-0.4, -0.2) is 29.4 Å². The van der Waals surface area contributed by atoms with Crippen LogP contribution in [0, 0.1) is 0 Å². The number of aliphatic hydroxyl groups excluding tert-OH is 1. The van der Waals surface area contributed by atoms with Crippen molar-refractivity contribution in [2.45, 2.75) is 76.6 Å². The first-order chi connectivity index (χ1) is 7.88. The van der Waals surface area contributed by atoms with Gasteiger partial charge in [-0.25, -0.2) is 8.42 Å². The Morgan fingerprint density at radius 2 is 1.56 bits per heavy atom.